The molecule has 0 saturated carbocycles. The second-order valence-corrected chi connectivity index (χ2v) is 7.13. The minimum atomic E-state index is 0.194. The molecular formula is C19H25NOS. The highest BCUT2D eigenvalue weighted by molar-refractivity contribution is 7.08. The second kappa shape index (κ2) is 6.84. The van der Waals surface area contributed by atoms with Crippen molar-refractivity contribution in [2.45, 2.75) is 51.7 Å². The lowest BCUT2D eigenvalue weighted by atomic mass is 9.89. The van der Waals surface area contributed by atoms with E-state index in [1.807, 2.05) is 0 Å². The van der Waals surface area contributed by atoms with Crippen molar-refractivity contribution in [2.24, 2.45) is 0 Å². The summed E-state index contributed by atoms with van der Waals surface area (Å²) in [6, 6.07) is 9.36. The van der Waals surface area contributed by atoms with Gasteiger partial charge in [0, 0.05) is 24.3 Å². The van der Waals surface area contributed by atoms with E-state index in [4.69, 9.17) is 4.74 Å². The molecule has 1 aromatic carbocycles. The third-order valence-electron chi connectivity index (χ3n) is 4.34. The standard InChI is InChI=1S/C19H25NOS/c1-4-8-21-19-11-18(15-7-9-22-12-15)20-17-6-5-14(13(2)3)10-16(17)19/h5-7,9-10,12-13,18-20H,4,8,11H2,1-3H3/t18-,19?/m1/s1. The third-order valence-corrected chi connectivity index (χ3v) is 5.04. The Hall–Kier alpha value is -1.32. The number of anilines is 1. The van der Waals surface area contributed by atoms with Gasteiger partial charge in [0.25, 0.3) is 0 Å². The summed E-state index contributed by atoms with van der Waals surface area (Å²) < 4.78 is 6.19. The normalized spacial score (nSPS) is 20.7. The molecule has 0 radical (unpaired) electrons. The highest BCUT2D eigenvalue weighted by Gasteiger charge is 2.28. The molecule has 3 rings (SSSR count). The van der Waals surface area contributed by atoms with Gasteiger partial charge >= 0.3 is 0 Å². The lowest BCUT2D eigenvalue weighted by Crippen LogP contribution is -2.23. The smallest absolute Gasteiger partial charge is 0.0867 e. The van der Waals surface area contributed by atoms with Gasteiger partial charge in [-0.05, 0) is 46.4 Å². The van der Waals surface area contributed by atoms with Crippen molar-refractivity contribution in [3.63, 3.8) is 0 Å². The minimum Gasteiger partial charge on any atom is -0.378 e. The summed E-state index contributed by atoms with van der Waals surface area (Å²) in [6.07, 6.45) is 2.26. The number of ether oxygens (including phenoxy) is 1. The first-order valence-electron chi connectivity index (χ1n) is 8.23. The van der Waals surface area contributed by atoms with Crippen LogP contribution < -0.4 is 5.32 Å². The highest BCUT2D eigenvalue weighted by Crippen LogP contribution is 2.42. The first-order chi connectivity index (χ1) is 10.7. The molecule has 0 amide bonds. The summed E-state index contributed by atoms with van der Waals surface area (Å²) in [5, 5.41) is 8.09. The number of nitrogens with one attached hydrogen (secondary N) is 1. The summed E-state index contributed by atoms with van der Waals surface area (Å²) in [6.45, 7) is 7.48. The first-order valence-corrected chi connectivity index (χ1v) is 9.17. The third kappa shape index (κ3) is 3.21. The van der Waals surface area contributed by atoms with E-state index in [1.165, 1.54) is 22.4 Å². The van der Waals surface area contributed by atoms with Crippen molar-refractivity contribution in [1.29, 1.82) is 0 Å². The largest absolute Gasteiger partial charge is 0.378 e. The van der Waals surface area contributed by atoms with Gasteiger partial charge in [0.2, 0.25) is 0 Å². The van der Waals surface area contributed by atoms with Gasteiger partial charge in [0.05, 0.1) is 12.1 Å². The number of fused-ring (bicyclic) bond motifs is 1. The molecule has 2 heterocycles. The molecule has 118 valence electrons. The van der Waals surface area contributed by atoms with E-state index in [-0.39, 0.29) is 6.10 Å². The lowest BCUT2D eigenvalue weighted by molar-refractivity contribution is 0.0410. The van der Waals surface area contributed by atoms with Gasteiger partial charge in [-0.2, -0.15) is 11.3 Å². The summed E-state index contributed by atoms with van der Waals surface area (Å²) in [5.74, 6) is 0.548. The van der Waals surface area contributed by atoms with Gasteiger partial charge in [-0.1, -0.05) is 32.9 Å². The van der Waals surface area contributed by atoms with Gasteiger partial charge in [-0.25, -0.2) is 0 Å². The van der Waals surface area contributed by atoms with Gasteiger partial charge < -0.3 is 10.1 Å². The van der Waals surface area contributed by atoms with Crippen molar-refractivity contribution < 1.29 is 4.74 Å². The fourth-order valence-electron chi connectivity index (χ4n) is 3.04. The van der Waals surface area contributed by atoms with E-state index in [0.29, 0.717) is 12.0 Å². The highest BCUT2D eigenvalue weighted by atomic mass is 32.1. The quantitative estimate of drug-likeness (QED) is 0.742. The zero-order valence-corrected chi connectivity index (χ0v) is 14.5. The van der Waals surface area contributed by atoms with Crippen LogP contribution in [0.3, 0.4) is 0 Å². The van der Waals surface area contributed by atoms with Gasteiger partial charge in [-0.15, -0.1) is 0 Å². The van der Waals surface area contributed by atoms with Crippen molar-refractivity contribution in [2.75, 3.05) is 11.9 Å². The van der Waals surface area contributed by atoms with Crippen LogP contribution >= 0.6 is 11.3 Å². The average molecular weight is 315 g/mol. The Morgan fingerprint density at radius 2 is 2.18 bits per heavy atom. The number of thiophene rings is 1. The van der Waals surface area contributed by atoms with Gasteiger partial charge in [-0.3, -0.25) is 0 Å². The predicted octanol–water partition coefficient (Wildman–Crippen LogP) is 5.90. The number of rotatable bonds is 5. The van der Waals surface area contributed by atoms with Gasteiger partial charge in [0.15, 0.2) is 0 Å². The van der Waals surface area contributed by atoms with Crippen molar-refractivity contribution in [3.8, 4) is 0 Å². The van der Waals surface area contributed by atoms with Crippen LogP contribution in [0.2, 0.25) is 0 Å². The molecule has 1 aliphatic heterocycles. The van der Waals surface area contributed by atoms with E-state index in [0.717, 1.165) is 19.4 Å². The van der Waals surface area contributed by atoms with Crippen LogP contribution in [0.4, 0.5) is 5.69 Å². The molecule has 3 heteroatoms. The van der Waals surface area contributed by atoms with E-state index in [2.05, 4.69) is 61.1 Å². The van der Waals surface area contributed by atoms with E-state index in [9.17, 15) is 0 Å². The molecule has 1 N–H and O–H groups in total. The van der Waals surface area contributed by atoms with Crippen LogP contribution in [0.5, 0.6) is 0 Å². The van der Waals surface area contributed by atoms with E-state index in [1.54, 1.807) is 11.3 Å². The summed E-state index contributed by atoms with van der Waals surface area (Å²) in [7, 11) is 0. The predicted molar refractivity (Wildman–Crippen MR) is 94.8 cm³/mol. The molecule has 1 aromatic heterocycles. The fourth-order valence-corrected chi connectivity index (χ4v) is 3.75. The lowest BCUT2D eigenvalue weighted by Gasteiger charge is -2.33. The molecular weight excluding hydrogens is 290 g/mol. The Labute approximate surface area is 137 Å². The van der Waals surface area contributed by atoms with E-state index >= 15 is 0 Å². The molecule has 0 aliphatic carbocycles. The SMILES string of the molecule is CCCOC1C[C@H](c2ccsc2)Nc2ccc(C(C)C)cc21. The Balaban J connectivity index is 1.92. The molecule has 1 unspecified atom stereocenters. The van der Waals surface area contributed by atoms with E-state index < -0.39 is 0 Å². The first kappa shape index (κ1) is 15.6. The van der Waals surface area contributed by atoms with Crippen LogP contribution in [0.25, 0.3) is 0 Å². The van der Waals surface area contributed by atoms with Crippen LogP contribution in [-0.4, -0.2) is 6.61 Å². The maximum atomic E-state index is 6.19. The Morgan fingerprint density at radius 3 is 2.86 bits per heavy atom. The Bertz CT molecular complexity index is 606. The minimum absolute atomic E-state index is 0.194. The van der Waals surface area contributed by atoms with Crippen molar-refractivity contribution >= 4 is 17.0 Å². The van der Waals surface area contributed by atoms with Crippen molar-refractivity contribution in [1.82, 2.24) is 0 Å². The topological polar surface area (TPSA) is 21.3 Å². The maximum Gasteiger partial charge on any atom is 0.0867 e. The molecule has 2 aromatic rings. The number of hydrogen-bond acceptors (Lipinski definition) is 3. The zero-order chi connectivity index (χ0) is 15.5. The Kier molecular flexibility index (Phi) is 4.84. The molecule has 0 spiro atoms. The maximum absolute atomic E-state index is 6.19. The van der Waals surface area contributed by atoms with Gasteiger partial charge in [0.1, 0.15) is 0 Å². The summed E-state index contributed by atoms with van der Waals surface area (Å²) in [5.41, 5.74) is 5.31. The molecule has 22 heavy (non-hydrogen) atoms. The molecule has 0 bridgehead atoms. The molecule has 0 saturated heterocycles. The number of benzene rings is 1. The Morgan fingerprint density at radius 1 is 1.32 bits per heavy atom. The monoisotopic (exact) mass is 315 g/mol. The van der Waals surface area contributed by atoms with Crippen molar-refractivity contribution in [3.05, 3.63) is 51.7 Å². The molecule has 2 nitrogen and oxygen atoms in total. The average Bonchev–Trinajstić information content (AvgIpc) is 3.06. The van der Waals surface area contributed by atoms with Crippen LogP contribution in [-0.2, 0) is 4.74 Å². The molecule has 1 aliphatic rings. The van der Waals surface area contributed by atoms with Crippen LogP contribution in [0.15, 0.2) is 35.0 Å². The zero-order valence-electron chi connectivity index (χ0n) is 13.6. The fraction of sp³-hybridized carbons (Fsp3) is 0.474. The molecule has 0 fully saturated rings. The second-order valence-electron chi connectivity index (χ2n) is 6.35. The van der Waals surface area contributed by atoms with Crippen LogP contribution in [0, 0.1) is 0 Å². The summed E-state index contributed by atoms with van der Waals surface area (Å²) >= 11 is 1.76. The molecule has 2 atom stereocenters. The van der Waals surface area contributed by atoms with Crippen LogP contribution in [0.1, 0.15) is 68.4 Å². The number of hydrogen-bond donors (Lipinski definition) is 1. The summed E-state index contributed by atoms with van der Waals surface area (Å²) in [4.78, 5) is 0.